The molecule has 2 aromatic rings. The molecule has 0 radical (unpaired) electrons. The lowest BCUT2D eigenvalue weighted by atomic mass is 10.2. The fourth-order valence-corrected chi connectivity index (χ4v) is 1.52. The summed E-state index contributed by atoms with van der Waals surface area (Å²) in [6, 6.07) is 6.63. The van der Waals surface area contributed by atoms with Crippen LogP contribution in [0.5, 0.6) is 0 Å². The Morgan fingerprint density at radius 1 is 1.38 bits per heavy atom. The quantitative estimate of drug-likeness (QED) is 0.754. The Balaban J connectivity index is 1.72. The van der Waals surface area contributed by atoms with Gasteiger partial charge in [-0.05, 0) is 17.7 Å². The normalized spacial score (nSPS) is 10.6. The first kappa shape index (κ1) is 10.8. The Morgan fingerprint density at radius 2 is 2.31 bits per heavy atom. The number of aromatic amines is 1. The summed E-state index contributed by atoms with van der Waals surface area (Å²) in [5, 5.41) is 3.25. The third-order valence-electron chi connectivity index (χ3n) is 2.34. The van der Waals surface area contributed by atoms with E-state index in [1.807, 2.05) is 12.3 Å². The minimum atomic E-state index is -0.187. The predicted molar refractivity (Wildman–Crippen MR) is 60.4 cm³/mol. The van der Waals surface area contributed by atoms with E-state index in [9.17, 15) is 4.39 Å². The highest BCUT2D eigenvalue weighted by atomic mass is 19.1. The average molecular weight is 219 g/mol. The molecule has 1 aromatic carbocycles. The van der Waals surface area contributed by atoms with Gasteiger partial charge in [0.05, 0.1) is 6.33 Å². The number of aromatic nitrogens is 2. The van der Waals surface area contributed by atoms with Crippen LogP contribution >= 0.6 is 0 Å². The molecule has 4 heteroatoms. The van der Waals surface area contributed by atoms with Crippen LogP contribution in [-0.2, 0) is 13.0 Å². The summed E-state index contributed by atoms with van der Waals surface area (Å²) in [5.74, 6) is -0.187. The maximum Gasteiger partial charge on any atom is 0.123 e. The molecule has 3 nitrogen and oxygen atoms in total. The van der Waals surface area contributed by atoms with Crippen molar-refractivity contribution in [3.8, 4) is 0 Å². The highest BCUT2D eigenvalue weighted by Gasteiger charge is 1.96. The molecule has 0 aliphatic rings. The molecule has 0 atom stereocenters. The summed E-state index contributed by atoms with van der Waals surface area (Å²) in [6.45, 7) is 1.53. The van der Waals surface area contributed by atoms with Gasteiger partial charge in [0.1, 0.15) is 5.82 Å². The maximum absolute atomic E-state index is 12.9. The molecule has 0 amide bonds. The smallest absolute Gasteiger partial charge is 0.123 e. The van der Waals surface area contributed by atoms with Gasteiger partial charge in [0.15, 0.2) is 0 Å². The molecular weight excluding hydrogens is 205 g/mol. The Bertz CT molecular complexity index is 426. The van der Waals surface area contributed by atoms with Crippen LogP contribution in [0.2, 0.25) is 0 Å². The van der Waals surface area contributed by atoms with Crippen molar-refractivity contribution in [2.75, 3.05) is 6.54 Å². The summed E-state index contributed by atoms with van der Waals surface area (Å²) in [4.78, 5) is 6.97. The first-order chi connectivity index (χ1) is 7.84. The zero-order chi connectivity index (χ0) is 11.2. The Hall–Kier alpha value is -1.68. The van der Waals surface area contributed by atoms with E-state index < -0.39 is 0 Å². The second-order valence-electron chi connectivity index (χ2n) is 3.63. The molecular formula is C12H14FN3. The van der Waals surface area contributed by atoms with E-state index in [4.69, 9.17) is 0 Å². The van der Waals surface area contributed by atoms with E-state index in [0.29, 0.717) is 6.54 Å². The molecule has 2 rings (SSSR count). The fourth-order valence-electron chi connectivity index (χ4n) is 1.52. The number of H-pyrrole nitrogens is 1. The molecule has 1 aromatic heterocycles. The Kier molecular flexibility index (Phi) is 3.66. The van der Waals surface area contributed by atoms with E-state index >= 15 is 0 Å². The fraction of sp³-hybridized carbons (Fsp3) is 0.250. The number of hydrogen-bond acceptors (Lipinski definition) is 2. The highest BCUT2D eigenvalue weighted by Crippen LogP contribution is 2.02. The van der Waals surface area contributed by atoms with Gasteiger partial charge in [0, 0.05) is 31.4 Å². The predicted octanol–water partition coefficient (Wildman–Crippen LogP) is 1.88. The van der Waals surface area contributed by atoms with E-state index in [1.54, 1.807) is 18.5 Å². The zero-order valence-electron chi connectivity index (χ0n) is 8.91. The first-order valence-electron chi connectivity index (χ1n) is 5.27. The van der Waals surface area contributed by atoms with Crippen molar-refractivity contribution in [3.05, 3.63) is 53.9 Å². The maximum atomic E-state index is 12.9. The number of nitrogens with zero attached hydrogens (tertiary/aromatic N) is 1. The number of nitrogens with one attached hydrogen (secondary N) is 2. The highest BCUT2D eigenvalue weighted by molar-refractivity contribution is 5.15. The number of rotatable bonds is 5. The van der Waals surface area contributed by atoms with Crippen LogP contribution in [0.15, 0.2) is 36.8 Å². The molecule has 0 aliphatic carbocycles. The van der Waals surface area contributed by atoms with Gasteiger partial charge in [-0.2, -0.15) is 0 Å². The van der Waals surface area contributed by atoms with Gasteiger partial charge >= 0.3 is 0 Å². The topological polar surface area (TPSA) is 40.7 Å². The zero-order valence-corrected chi connectivity index (χ0v) is 8.91. The third-order valence-corrected chi connectivity index (χ3v) is 2.34. The second kappa shape index (κ2) is 5.42. The van der Waals surface area contributed by atoms with Crippen molar-refractivity contribution in [1.29, 1.82) is 0 Å². The molecule has 0 unspecified atom stereocenters. The summed E-state index contributed by atoms with van der Waals surface area (Å²) < 4.78 is 12.9. The van der Waals surface area contributed by atoms with Crippen LogP contribution in [0.3, 0.4) is 0 Å². The number of benzene rings is 1. The number of imidazole rings is 1. The average Bonchev–Trinajstić information content (AvgIpc) is 2.77. The first-order valence-corrected chi connectivity index (χ1v) is 5.27. The van der Waals surface area contributed by atoms with Gasteiger partial charge in [0.2, 0.25) is 0 Å². The second-order valence-corrected chi connectivity index (χ2v) is 3.63. The molecule has 16 heavy (non-hydrogen) atoms. The SMILES string of the molecule is Fc1cccc(CNCCc2cnc[nH]2)c1. The lowest BCUT2D eigenvalue weighted by Gasteiger charge is -2.03. The number of hydrogen-bond donors (Lipinski definition) is 2. The van der Waals surface area contributed by atoms with Crippen LogP contribution in [0.25, 0.3) is 0 Å². The van der Waals surface area contributed by atoms with Crippen molar-refractivity contribution in [2.24, 2.45) is 0 Å². The molecule has 84 valence electrons. The minimum absolute atomic E-state index is 0.187. The van der Waals surface area contributed by atoms with Crippen LogP contribution in [-0.4, -0.2) is 16.5 Å². The van der Waals surface area contributed by atoms with Gasteiger partial charge in [-0.25, -0.2) is 9.37 Å². The van der Waals surface area contributed by atoms with Crippen molar-refractivity contribution < 1.29 is 4.39 Å². The van der Waals surface area contributed by atoms with Crippen LogP contribution in [0, 0.1) is 5.82 Å². The Morgan fingerprint density at radius 3 is 3.06 bits per heavy atom. The molecule has 0 saturated carbocycles. The molecule has 0 bridgehead atoms. The van der Waals surface area contributed by atoms with Crippen molar-refractivity contribution in [2.45, 2.75) is 13.0 Å². The monoisotopic (exact) mass is 219 g/mol. The molecule has 0 spiro atoms. The van der Waals surface area contributed by atoms with Crippen molar-refractivity contribution in [3.63, 3.8) is 0 Å². The summed E-state index contributed by atoms with van der Waals surface area (Å²) in [5.41, 5.74) is 2.07. The van der Waals surface area contributed by atoms with Gasteiger partial charge in [-0.15, -0.1) is 0 Å². The van der Waals surface area contributed by atoms with E-state index in [-0.39, 0.29) is 5.82 Å². The molecule has 0 fully saturated rings. The van der Waals surface area contributed by atoms with Gasteiger partial charge in [-0.1, -0.05) is 12.1 Å². The molecule has 0 saturated heterocycles. The number of halogens is 1. The molecule has 0 aliphatic heterocycles. The van der Waals surface area contributed by atoms with E-state index in [1.165, 1.54) is 6.07 Å². The van der Waals surface area contributed by atoms with Crippen LogP contribution < -0.4 is 5.32 Å². The van der Waals surface area contributed by atoms with Crippen molar-refractivity contribution in [1.82, 2.24) is 15.3 Å². The lowest BCUT2D eigenvalue weighted by molar-refractivity contribution is 0.619. The molecule has 2 N–H and O–H groups in total. The van der Waals surface area contributed by atoms with Crippen LogP contribution in [0.1, 0.15) is 11.3 Å². The minimum Gasteiger partial charge on any atom is -0.348 e. The Labute approximate surface area is 93.7 Å². The standard InChI is InChI=1S/C12H14FN3/c13-11-3-1-2-10(6-11)7-14-5-4-12-8-15-9-16-12/h1-3,6,8-9,14H,4-5,7H2,(H,15,16). The van der Waals surface area contributed by atoms with Crippen molar-refractivity contribution >= 4 is 0 Å². The summed E-state index contributed by atoms with van der Waals surface area (Å²) >= 11 is 0. The van der Waals surface area contributed by atoms with E-state index in [0.717, 1.165) is 24.2 Å². The lowest BCUT2D eigenvalue weighted by Crippen LogP contribution is -2.16. The largest absolute Gasteiger partial charge is 0.348 e. The van der Waals surface area contributed by atoms with Crippen LogP contribution in [0.4, 0.5) is 4.39 Å². The van der Waals surface area contributed by atoms with Gasteiger partial charge in [0.25, 0.3) is 0 Å². The third kappa shape index (κ3) is 3.17. The van der Waals surface area contributed by atoms with Gasteiger partial charge < -0.3 is 10.3 Å². The molecule has 1 heterocycles. The summed E-state index contributed by atoms with van der Waals surface area (Å²) in [6.07, 6.45) is 4.38. The summed E-state index contributed by atoms with van der Waals surface area (Å²) in [7, 11) is 0. The van der Waals surface area contributed by atoms with Gasteiger partial charge in [-0.3, -0.25) is 0 Å². The van der Waals surface area contributed by atoms with E-state index in [2.05, 4.69) is 15.3 Å².